The van der Waals surface area contributed by atoms with E-state index in [1.807, 2.05) is 0 Å². The van der Waals surface area contributed by atoms with Gasteiger partial charge in [-0.05, 0) is 42.5 Å². The number of alkyl halides is 4. The number of anilines is 1. The van der Waals surface area contributed by atoms with E-state index in [-0.39, 0.29) is 28.6 Å². The third-order valence-corrected chi connectivity index (χ3v) is 3.84. The third kappa shape index (κ3) is 5.19. The van der Waals surface area contributed by atoms with Crippen LogP contribution in [-0.4, -0.2) is 36.4 Å². The number of halogens is 4. The summed E-state index contributed by atoms with van der Waals surface area (Å²) in [6, 6.07) is 11.1. The first-order chi connectivity index (χ1) is 14.4. The number of nitrogens with one attached hydrogen (secondary N) is 2. The second kappa shape index (κ2) is 9.16. The van der Waals surface area contributed by atoms with Crippen LogP contribution in [0.5, 0.6) is 17.2 Å². The minimum atomic E-state index is -3.02. The lowest BCUT2D eigenvalue weighted by atomic mass is 10.1. The van der Waals surface area contributed by atoms with E-state index in [1.165, 1.54) is 55.6 Å². The van der Waals surface area contributed by atoms with Crippen LogP contribution in [0.2, 0.25) is 0 Å². The van der Waals surface area contributed by atoms with E-state index >= 15 is 0 Å². The van der Waals surface area contributed by atoms with Crippen molar-refractivity contribution in [2.45, 2.75) is 13.2 Å². The first-order valence-corrected chi connectivity index (χ1v) is 8.40. The molecule has 1 aromatic heterocycles. The fourth-order valence-corrected chi connectivity index (χ4v) is 2.53. The van der Waals surface area contributed by atoms with Crippen LogP contribution < -0.4 is 19.5 Å². The van der Waals surface area contributed by atoms with Gasteiger partial charge in [0.2, 0.25) is 0 Å². The summed E-state index contributed by atoms with van der Waals surface area (Å²) in [5.41, 5.74) is 1.37. The second-order valence-corrected chi connectivity index (χ2v) is 5.77. The number of H-pyrrole nitrogens is 1. The summed E-state index contributed by atoms with van der Waals surface area (Å²) in [7, 11) is 1.28. The van der Waals surface area contributed by atoms with Crippen molar-refractivity contribution in [2.75, 3.05) is 12.4 Å². The minimum Gasteiger partial charge on any atom is -0.493 e. The molecule has 1 heterocycles. The van der Waals surface area contributed by atoms with Gasteiger partial charge in [-0.2, -0.15) is 22.7 Å². The minimum absolute atomic E-state index is 0.00420. The molecule has 0 fully saturated rings. The summed E-state index contributed by atoms with van der Waals surface area (Å²) in [4.78, 5) is 12.4. The van der Waals surface area contributed by atoms with Crippen LogP contribution in [0.3, 0.4) is 0 Å². The van der Waals surface area contributed by atoms with Crippen molar-refractivity contribution in [3.63, 3.8) is 0 Å². The van der Waals surface area contributed by atoms with Gasteiger partial charge in [-0.15, -0.1) is 0 Å². The molecule has 3 aromatic rings. The van der Waals surface area contributed by atoms with Gasteiger partial charge in [-0.3, -0.25) is 9.89 Å². The highest BCUT2D eigenvalue weighted by Gasteiger charge is 2.15. The highest BCUT2D eigenvalue weighted by molar-refractivity contribution is 6.03. The smallest absolute Gasteiger partial charge is 0.387 e. The maximum atomic E-state index is 12.4. The molecule has 0 unspecified atom stereocenters. The van der Waals surface area contributed by atoms with Gasteiger partial charge in [0.15, 0.2) is 11.5 Å². The first-order valence-electron chi connectivity index (χ1n) is 8.40. The number of methoxy groups -OCH3 is 1. The topological polar surface area (TPSA) is 85.5 Å². The van der Waals surface area contributed by atoms with E-state index in [0.717, 1.165) is 0 Å². The van der Waals surface area contributed by atoms with E-state index in [9.17, 15) is 22.4 Å². The van der Waals surface area contributed by atoms with Crippen LogP contribution >= 0.6 is 0 Å². The molecule has 0 atom stereocenters. The number of carbonyl (C=O) groups excluding carboxylic acids is 1. The van der Waals surface area contributed by atoms with Crippen molar-refractivity contribution in [3.05, 3.63) is 54.2 Å². The maximum absolute atomic E-state index is 12.4. The van der Waals surface area contributed by atoms with Crippen LogP contribution in [0.25, 0.3) is 11.3 Å². The van der Waals surface area contributed by atoms with E-state index in [1.54, 1.807) is 0 Å². The number of aromatic nitrogens is 2. The first kappa shape index (κ1) is 21.0. The molecule has 30 heavy (non-hydrogen) atoms. The Labute approximate surface area is 167 Å². The Balaban J connectivity index is 1.70. The van der Waals surface area contributed by atoms with Gasteiger partial charge in [-0.25, -0.2) is 0 Å². The van der Waals surface area contributed by atoms with Gasteiger partial charge in [0.05, 0.1) is 12.8 Å². The summed E-state index contributed by atoms with van der Waals surface area (Å²) in [6.45, 7) is -5.94. The van der Waals surface area contributed by atoms with E-state index < -0.39 is 19.1 Å². The Bertz CT molecular complexity index is 1010. The predicted octanol–water partition coefficient (Wildman–Crippen LogP) is 4.54. The number of hydrogen-bond donors (Lipinski definition) is 2. The fraction of sp³-hybridized carbons (Fsp3) is 0.158. The highest BCUT2D eigenvalue weighted by atomic mass is 19.3. The molecule has 2 N–H and O–H groups in total. The highest BCUT2D eigenvalue weighted by Crippen LogP contribution is 2.31. The van der Waals surface area contributed by atoms with Crippen molar-refractivity contribution >= 4 is 11.6 Å². The van der Waals surface area contributed by atoms with Gasteiger partial charge in [0.1, 0.15) is 11.4 Å². The van der Waals surface area contributed by atoms with Crippen molar-refractivity contribution in [1.82, 2.24) is 10.2 Å². The lowest BCUT2D eigenvalue weighted by molar-refractivity contribution is -0.0514. The predicted molar refractivity (Wildman–Crippen MR) is 98.2 cm³/mol. The zero-order valence-electron chi connectivity index (χ0n) is 15.4. The van der Waals surface area contributed by atoms with E-state index in [0.29, 0.717) is 11.3 Å². The molecule has 0 saturated heterocycles. The van der Waals surface area contributed by atoms with Gasteiger partial charge < -0.3 is 19.5 Å². The summed E-state index contributed by atoms with van der Waals surface area (Å²) in [5.74, 6) is -0.704. The SMILES string of the molecule is COc1cc(NC(=O)c2cc(-c3ccc(OC(F)F)cc3)n[nH]2)ccc1OC(F)F. The normalized spacial score (nSPS) is 10.9. The molecule has 0 spiro atoms. The van der Waals surface area contributed by atoms with Gasteiger partial charge in [0.25, 0.3) is 5.91 Å². The third-order valence-electron chi connectivity index (χ3n) is 3.84. The van der Waals surface area contributed by atoms with Gasteiger partial charge in [-0.1, -0.05) is 0 Å². The van der Waals surface area contributed by atoms with Crippen molar-refractivity contribution in [3.8, 4) is 28.5 Å². The number of benzene rings is 2. The lowest BCUT2D eigenvalue weighted by Crippen LogP contribution is -2.12. The van der Waals surface area contributed by atoms with Crippen molar-refractivity contribution < 1.29 is 36.6 Å². The second-order valence-electron chi connectivity index (χ2n) is 5.77. The standard InChI is InChI=1S/C19H15F4N3O4/c1-28-16-8-11(4-7-15(16)30-19(22)23)24-17(27)14-9-13(25-26-14)10-2-5-12(6-3-10)29-18(20)21/h2-9,18-19H,1H3,(H,24,27)(H,25,26). The monoisotopic (exact) mass is 425 g/mol. The van der Waals surface area contributed by atoms with Crippen LogP contribution in [0.15, 0.2) is 48.5 Å². The Kier molecular flexibility index (Phi) is 6.40. The number of amides is 1. The number of ether oxygens (including phenoxy) is 3. The zero-order chi connectivity index (χ0) is 21.7. The molecular formula is C19H15F4N3O4. The molecule has 2 aromatic carbocycles. The number of nitrogens with zero attached hydrogens (tertiary/aromatic N) is 1. The summed E-state index contributed by atoms with van der Waals surface area (Å²) in [6.07, 6.45) is 0. The molecule has 0 aliphatic rings. The number of hydrogen-bond acceptors (Lipinski definition) is 5. The Morgan fingerprint density at radius 2 is 1.67 bits per heavy atom. The molecule has 11 heteroatoms. The van der Waals surface area contributed by atoms with E-state index in [2.05, 4.69) is 25.0 Å². The Morgan fingerprint density at radius 3 is 2.30 bits per heavy atom. The molecule has 158 valence electrons. The lowest BCUT2D eigenvalue weighted by Gasteiger charge is -2.11. The number of aromatic amines is 1. The summed E-state index contributed by atoms with van der Waals surface area (Å²) >= 11 is 0. The Hall–Kier alpha value is -3.76. The largest absolute Gasteiger partial charge is 0.493 e. The summed E-state index contributed by atoms with van der Waals surface area (Å²) < 4.78 is 62.8. The van der Waals surface area contributed by atoms with Crippen LogP contribution in [-0.2, 0) is 0 Å². The maximum Gasteiger partial charge on any atom is 0.387 e. The van der Waals surface area contributed by atoms with E-state index in [4.69, 9.17) is 4.74 Å². The van der Waals surface area contributed by atoms with Crippen molar-refractivity contribution in [1.29, 1.82) is 0 Å². The average molecular weight is 425 g/mol. The molecule has 0 aliphatic carbocycles. The van der Waals surface area contributed by atoms with Gasteiger partial charge >= 0.3 is 13.2 Å². The van der Waals surface area contributed by atoms with Gasteiger partial charge in [0, 0.05) is 17.3 Å². The molecule has 7 nitrogen and oxygen atoms in total. The van der Waals surface area contributed by atoms with Crippen LogP contribution in [0.4, 0.5) is 23.2 Å². The molecule has 0 radical (unpaired) electrons. The molecule has 0 saturated carbocycles. The number of rotatable bonds is 8. The number of carbonyl (C=O) groups is 1. The quantitative estimate of drug-likeness (QED) is 0.518. The molecule has 0 aliphatic heterocycles. The molecular weight excluding hydrogens is 410 g/mol. The van der Waals surface area contributed by atoms with Crippen LogP contribution in [0.1, 0.15) is 10.5 Å². The van der Waals surface area contributed by atoms with Crippen molar-refractivity contribution in [2.24, 2.45) is 0 Å². The fourth-order valence-electron chi connectivity index (χ4n) is 2.53. The summed E-state index contributed by atoms with van der Waals surface area (Å²) in [5, 5.41) is 9.16. The average Bonchev–Trinajstić information content (AvgIpc) is 3.19. The molecule has 3 rings (SSSR count). The van der Waals surface area contributed by atoms with Crippen LogP contribution in [0, 0.1) is 0 Å². The molecule has 0 bridgehead atoms. The zero-order valence-corrected chi connectivity index (χ0v) is 15.4. The Morgan fingerprint density at radius 1 is 0.967 bits per heavy atom. The molecule has 1 amide bonds.